The number of aliphatic hydroxyl groups is 1. The molecule has 0 aromatic heterocycles. The molecule has 104 valence electrons. The van der Waals surface area contributed by atoms with Crippen LogP contribution in [0.5, 0.6) is 0 Å². The lowest BCUT2D eigenvalue weighted by molar-refractivity contribution is 0.0930. The van der Waals surface area contributed by atoms with Crippen LogP contribution in [0.25, 0.3) is 0 Å². The zero-order valence-corrected chi connectivity index (χ0v) is 13.0. The van der Waals surface area contributed by atoms with Crippen LogP contribution in [0.4, 0.5) is 4.39 Å². The molecule has 0 fully saturated rings. The molecule has 0 heterocycles. The molecule has 0 spiro atoms. The largest absolute Gasteiger partial charge is 0.392 e. The highest BCUT2D eigenvalue weighted by Crippen LogP contribution is 2.32. The highest BCUT2D eigenvalue weighted by Gasteiger charge is 2.25. The third-order valence-corrected chi connectivity index (χ3v) is 4.58. The maximum atomic E-state index is 13.3. The van der Waals surface area contributed by atoms with Crippen molar-refractivity contribution in [3.63, 3.8) is 0 Å². The molecular formula is C16H20BrFO. The Balaban J connectivity index is 2.07. The molecule has 1 aliphatic carbocycles. The fourth-order valence-electron chi connectivity index (χ4n) is 2.98. The molecule has 1 aromatic carbocycles. The van der Waals surface area contributed by atoms with Gasteiger partial charge in [0.2, 0.25) is 0 Å². The lowest BCUT2D eigenvalue weighted by Gasteiger charge is -2.29. The standard InChI is InChI=1S/C16H20BrFO/c1-10-5-11(2)7-13(6-10)16(19)9-12-8-14(18)3-4-15(12)17/h3-5,8,10,13,16,19H,6-7,9H2,1-2H3. The van der Waals surface area contributed by atoms with E-state index in [9.17, 15) is 9.50 Å². The number of rotatable bonds is 3. The average Bonchev–Trinajstić information content (AvgIpc) is 2.32. The molecule has 1 aromatic rings. The fraction of sp³-hybridized carbons (Fsp3) is 0.500. The molecule has 1 aliphatic rings. The van der Waals surface area contributed by atoms with Crippen molar-refractivity contribution in [1.82, 2.24) is 0 Å². The van der Waals surface area contributed by atoms with Crippen LogP contribution in [-0.2, 0) is 6.42 Å². The minimum absolute atomic E-state index is 0.251. The second-order valence-electron chi connectivity index (χ2n) is 5.70. The van der Waals surface area contributed by atoms with Crippen molar-refractivity contribution in [2.24, 2.45) is 11.8 Å². The van der Waals surface area contributed by atoms with E-state index in [2.05, 4.69) is 35.9 Å². The molecule has 0 bridgehead atoms. The van der Waals surface area contributed by atoms with Crippen LogP contribution >= 0.6 is 15.9 Å². The molecule has 3 unspecified atom stereocenters. The summed E-state index contributed by atoms with van der Waals surface area (Å²) in [5, 5.41) is 10.4. The first kappa shape index (κ1) is 14.7. The van der Waals surface area contributed by atoms with Crippen molar-refractivity contribution in [3.05, 3.63) is 45.7 Å². The maximum absolute atomic E-state index is 13.3. The van der Waals surface area contributed by atoms with Crippen molar-refractivity contribution in [3.8, 4) is 0 Å². The van der Waals surface area contributed by atoms with Crippen molar-refractivity contribution < 1.29 is 9.50 Å². The second kappa shape index (κ2) is 6.19. The Labute approximate surface area is 122 Å². The molecule has 1 N–H and O–H groups in total. The summed E-state index contributed by atoms with van der Waals surface area (Å²) in [4.78, 5) is 0. The number of hydrogen-bond acceptors (Lipinski definition) is 1. The molecule has 0 amide bonds. The van der Waals surface area contributed by atoms with Gasteiger partial charge in [-0.05, 0) is 61.8 Å². The van der Waals surface area contributed by atoms with Gasteiger partial charge < -0.3 is 5.11 Å². The zero-order valence-electron chi connectivity index (χ0n) is 11.4. The Kier molecular flexibility index (Phi) is 4.80. The van der Waals surface area contributed by atoms with Gasteiger partial charge in [-0.15, -0.1) is 0 Å². The Bertz CT molecular complexity index is 484. The van der Waals surface area contributed by atoms with Crippen molar-refractivity contribution in [2.75, 3.05) is 0 Å². The highest BCUT2D eigenvalue weighted by molar-refractivity contribution is 9.10. The van der Waals surface area contributed by atoms with Crippen molar-refractivity contribution in [1.29, 1.82) is 0 Å². The first-order valence-corrected chi connectivity index (χ1v) is 7.54. The van der Waals surface area contributed by atoms with Crippen LogP contribution in [0, 0.1) is 17.7 Å². The Hall–Kier alpha value is -0.670. The first-order valence-electron chi connectivity index (χ1n) is 6.75. The van der Waals surface area contributed by atoms with Gasteiger partial charge in [-0.3, -0.25) is 0 Å². The van der Waals surface area contributed by atoms with E-state index in [-0.39, 0.29) is 11.7 Å². The number of benzene rings is 1. The number of allylic oxidation sites excluding steroid dienone is 2. The van der Waals surface area contributed by atoms with E-state index in [1.807, 2.05) is 0 Å². The van der Waals surface area contributed by atoms with E-state index >= 15 is 0 Å². The van der Waals surface area contributed by atoms with E-state index in [1.54, 1.807) is 6.07 Å². The SMILES string of the molecule is CC1=CC(C)CC(C(O)Cc2cc(F)ccc2Br)C1. The maximum Gasteiger partial charge on any atom is 0.123 e. The molecule has 0 aliphatic heterocycles. The average molecular weight is 327 g/mol. The minimum Gasteiger partial charge on any atom is -0.392 e. The number of hydrogen-bond donors (Lipinski definition) is 1. The second-order valence-corrected chi connectivity index (χ2v) is 6.55. The lowest BCUT2D eigenvalue weighted by atomic mass is 9.79. The zero-order chi connectivity index (χ0) is 14.0. The molecule has 0 saturated heterocycles. The van der Waals surface area contributed by atoms with Crippen LogP contribution in [0.2, 0.25) is 0 Å². The van der Waals surface area contributed by atoms with E-state index in [0.717, 1.165) is 22.9 Å². The van der Waals surface area contributed by atoms with Crippen LogP contribution in [0.1, 0.15) is 32.3 Å². The van der Waals surface area contributed by atoms with Crippen LogP contribution < -0.4 is 0 Å². The lowest BCUT2D eigenvalue weighted by Crippen LogP contribution is -2.27. The molecule has 19 heavy (non-hydrogen) atoms. The topological polar surface area (TPSA) is 20.2 Å². The molecule has 0 saturated carbocycles. The van der Waals surface area contributed by atoms with Gasteiger partial charge in [-0.25, -0.2) is 4.39 Å². The smallest absolute Gasteiger partial charge is 0.123 e. The van der Waals surface area contributed by atoms with Crippen LogP contribution in [0.3, 0.4) is 0 Å². The summed E-state index contributed by atoms with van der Waals surface area (Å²) < 4.78 is 14.1. The number of aliphatic hydroxyl groups excluding tert-OH is 1. The van der Waals surface area contributed by atoms with E-state index in [1.165, 1.54) is 17.7 Å². The molecule has 3 atom stereocenters. The van der Waals surface area contributed by atoms with Gasteiger partial charge in [0.1, 0.15) is 5.82 Å². The third kappa shape index (κ3) is 3.90. The highest BCUT2D eigenvalue weighted by atomic mass is 79.9. The quantitative estimate of drug-likeness (QED) is 0.812. The Morgan fingerprint density at radius 1 is 1.47 bits per heavy atom. The fourth-order valence-corrected chi connectivity index (χ4v) is 3.39. The minimum atomic E-state index is -0.413. The summed E-state index contributed by atoms with van der Waals surface area (Å²) in [6, 6.07) is 4.63. The van der Waals surface area contributed by atoms with Gasteiger partial charge in [0.25, 0.3) is 0 Å². The molecule has 1 nitrogen and oxygen atoms in total. The summed E-state index contributed by atoms with van der Waals surface area (Å²) >= 11 is 3.42. The Morgan fingerprint density at radius 2 is 2.21 bits per heavy atom. The summed E-state index contributed by atoms with van der Waals surface area (Å²) in [5.74, 6) is 0.540. The summed E-state index contributed by atoms with van der Waals surface area (Å²) in [6.45, 7) is 4.30. The predicted molar refractivity (Wildman–Crippen MR) is 79.5 cm³/mol. The third-order valence-electron chi connectivity index (χ3n) is 3.81. The van der Waals surface area contributed by atoms with Gasteiger partial charge in [-0.1, -0.05) is 34.5 Å². The van der Waals surface area contributed by atoms with Gasteiger partial charge in [0, 0.05) is 4.47 Å². The summed E-state index contributed by atoms with van der Waals surface area (Å²) in [7, 11) is 0. The number of halogens is 2. The van der Waals surface area contributed by atoms with E-state index in [0.29, 0.717) is 12.3 Å². The summed E-state index contributed by atoms with van der Waals surface area (Å²) in [5.41, 5.74) is 2.19. The van der Waals surface area contributed by atoms with Gasteiger partial charge >= 0.3 is 0 Å². The molecule has 0 radical (unpaired) electrons. The molecular weight excluding hydrogens is 307 g/mol. The monoisotopic (exact) mass is 326 g/mol. The van der Waals surface area contributed by atoms with Crippen molar-refractivity contribution >= 4 is 15.9 Å². The molecule has 3 heteroatoms. The van der Waals surface area contributed by atoms with Crippen LogP contribution in [-0.4, -0.2) is 11.2 Å². The molecule has 2 rings (SSSR count). The van der Waals surface area contributed by atoms with E-state index in [4.69, 9.17) is 0 Å². The van der Waals surface area contributed by atoms with Gasteiger partial charge in [0.05, 0.1) is 6.10 Å². The van der Waals surface area contributed by atoms with Gasteiger partial charge in [0.15, 0.2) is 0 Å². The van der Waals surface area contributed by atoms with Gasteiger partial charge in [-0.2, -0.15) is 0 Å². The van der Waals surface area contributed by atoms with Crippen molar-refractivity contribution in [2.45, 2.75) is 39.2 Å². The normalized spacial score (nSPS) is 25.0. The predicted octanol–water partition coefficient (Wildman–Crippen LogP) is 4.48. The first-order chi connectivity index (χ1) is 8.95. The van der Waals surface area contributed by atoms with Crippen LogP contribution in [0.15, 0.2) is 34.3 Å². The Morgan fingerprint density at radius 3 is 2.89 bits per heavy atom. The summed E-state index contributed by atoms with van der Waals surface area (Å²) in [6.07, 6.45) is 4.32. The van der Waals surface area contributed by atoms with E-state index < -0.39 is 6.10 Å².